The Balaban J connectivity index is 1.81. The summed E-state index contributed by atoms with van der Waals surface area (Å²) in [5, 5.41) is 0. The maximum atomic E-state index is 13.8. The van der Waals surface area contributed by atoms with Crippen LogP contribution in [0.4, 0.5) is 4.39 Å². The van der Waals surface area contributed by atoms with Crippen molar-refractivity contribution in [2.45, 2.75) is 6.54 Å². The molecule has 1 aromatic rings. The van der Waals surface area contributed by atoms with Crippen LogP contribution in [0.2, 0.25) is 0 Å². The lowest BCUT2D eigenvalue weighted by Gasteiger charge is -2.35. The van der Waals surface area contributed by atoms with Crippen molar-refractivity contribution >= 4 is 5.91 Å². The van der Waals surface area contributed by atoms with Gasteiger partial charge in [-0.15, -0.1) is 13.2 Å². The number of nitrogens with zero attached hydrogens (tertiary/aromatic N) is 3. The summed E-state index contributed by atoms with van der Waals surface area (Å²) in [5.41, 5.74) is 0.927. The first-order chi connectivity index (χ1) is 12.6. The molecule has 26 heavy (non-hydrogen) atoms. The molecule has 142 valence electrons. The van der Waals surface area contributed by atoms with E-state index in [4.69, 9.17) is 4.74 Å². The predicted molar refractivity (Wildman–Crippen MR) is 102 cm³/mol. The van der Waals surface area contributed by atoms with E-state index in [1.165, 1.54) is 13.2 Å². The number of amides is 1. The molecule has 1 aliphatic rings. The number of hydrogen-bond donors (Lipinski definition) is 0. The van der Waals surface area contributed by atoms with Gasteiger partial charge in [0, 0.05) is 45.8 Å². The smallest absolute Gasteiger partial charge is 0.237 e. The molecule has 1 amide bonds. The molecule has 0 bridgehead atoms. The minimum atomic E-state index is -0.334. The van der Waals surface area contributed by atoms with Crippen LogP contribution in [0.5, 0.6) is 5.75 Å². The summed E-state index contributed by atoms with van der Waals surface area (Å²) in [6, 6.07) is 5.07. The first-order valence-electron chi connectivity index (χ1n) is 8.84. The van der Waals surface area contributed by atoms with Gasteiger partial charge in [-0.2, -0.15) is 0 Å². The monoisotopic (exact) mass is 361 g/mol. The molecule has 0 radical (unpaired) electrons. The van der Waals surface area contributed by atoms with Crippen LogP contribution in [0.1, 0.15) is 5.56 Å². The van der Waals surface area contributed by atoms with Gasteiger partial charge < -0.3 is 9.64 Å². The zero-order valence-electron chi connectivity index (χ0n) is 15.5. The van der Waals surface area contributed by atoms with E-state index >= 15 is 0 Å². The maximum absolute atomic E-state index is 13.8. The summed E-state index contributed by atoms with van der Waals surface area (Å²) in [5.74, 6) is 0.0231. The predicted octanol–water partition coefficient (Wildman–Crippen LogP) is 2.15. The molecular formula is C20H28FN3O2. The number of carbonyl (C=O) groups is 1. The number of halogens is 1. The maximum Gasteiger partial charge on any atom is 0.237 e. The fourth-order valence-corrected chi connectivity index (χ4v) is 3.05. The highest BCUT2D eigenvalue weighted by Gasteiger charge is 2.21. The largest absolute Gasteiger partial charge is 0.494 e. The second-order valence-electron chi connectivity index (χ2n) is 6.40. The van der Waals surface area contributed by atoms with Gasteiger partial charge in [-0.05, 0) is 17.7 Å². The highest BCUT2D eigenvalue weighted by Crippen LogP contribution is 2.19. The second-order valence-corrected chi connectivity index (χ2v) is 6.40. The lowest BCUT2D eigenvalue weighted by molar-refractivity contribution is -0.131. The quantitative estimate of drug-likeness (QED) is 0.632. The van der Waals surface area contributed by atoms with E-state index < -0.39 is 0 Å². The molecule has 0 aromatic heterocycles. The van der Waals surface area contributed by atoms with Crippen molar-refractivity contribution in [3.8, 4) is 5.75 Å². The van der Waals surface area contributed by atoms with Crippen LogP contribution in [0.15, 0.2) is 43.5 Å². The summed E-state index contributed by atoms with van der Waals surface area (Å²) >= 11 is 0. The first kappa shape index (κ1) is 20.1. The van der Waals surface area contributed by atoms with Gasteiger partial charge in [-0.1, -0.05) is 18.2 Å². The van der Waals surface area contributed by atoms with Gasteiger partial charge in [-0.25, -0.2) is 4.39 Å². The Bertz CT molecular complexity index is 617. The molecule has 0 unspecified atom stereocenters. The third-order valence-corrected chi connectivity index (χ3v) is 4.50. The Labute approximate surface area is 155 Å². The zero-order valence-corrected chi connectivity index (χ0v) is 15.5. The van der Waals surface area contributed by atoms with E-state index in [9.17, 15) is 9.18 Å². The van der Waals surface area contributed by atoms with Crippen molar-refractivity contribution in [1.82, 2.24) is 14.7 Å². The summed E-state index contributed by atoms with van der Waals surface area (Å²) in [6.07, 6.45) is 3.46. The topological polar surface area (TPSA) is 36.0 Å². The number of hydrogen-bond acceptors (Lipinski definition) is 4. The Kier molecular flexibility index (Phi) is 7.81. The number of ether oxygens (including phenoxy) is 1. The van der Waals surface area contributed by atoms with E-state index in [0.717, 1.165) is 31.7 Å². The lowest BCUT2D eigenvalue weighted by atomic mass is 10.2. The molecule has 0 saturated carbocycles. The number of carbonyl (C=O) groups excluding carboxylic acids is 1. The Morgan fingerprint density at radius 1 is 1.19 bits per heavy atom. The fourth-order valence-electron chi connectivity index (χ4n) is 3.05. The van der Waals surface area contributed by atoms with E-state index in [0.29, 0.717) is 26.2 Å². The highest BCUT2D eigenvalue weighted by molar-refractivity contribution is 5.78. The molecule has 6 heteroatoms. The van der Waals surface area contributed by atoms with E-state index in [1.54, 1.807) is 23.1 Å². The molecule has 1 heterocycles. The summed E-state index contributed by atoms with van der Waals surface area (Å²) in [6.45, 7) is 12.9. The van der Waals surface area contributed by atoms with Gasteiger partial charge in [0.15, 0.2) is 11.6 Å². The van der Waals surface area contributed by atoms with Crippen molar-refractivity contribution in [2.24, 2.45) is 0 Å². The van der Waals surface area contributed by atoms with Crippen LogP contribution in [-0.2, 0) is 11.3 Å². The molecule has 0 aliphatic carbocycles. The number of piperazine rings is 1. The average Bonchev–Trinajstić information content (AvgIpc) is 2.63. The van der Waals surface area contributed by atoms with E-state index in [2.05, 4.69) is 23.0 Å². The van der Waals surface area contributed by atoms with Crippen molar-refractivity contribution in [1.29, 1.82) is 0 Å². The van der Waals surface area contributed by atoms with Crippen molar-refractivity contribution in [2.75, 3.05) is 52.9 Å². The van der Waals surface area contributed by atoms with Crippen LogP contribution >= 0.6 is 0 Å². The number of methoxy groups -OCH3 is 1. The second kappa shape index (κ2) is 10.1. The van der Waals surface area contributed by atoms with Gasteiger partial charge in [0.25, 0.3) is 0 Å². The molecule has 1 aromatic carbocycles. The lowest BCUT2D eigenvalue weighted by Crippen LogP contribution is -2.49. The van der Waals surface area contributed by atoms with Crippen molar-refractivity contribution in [3.63, 3.8) is 0 Å². The van der Waals surface area contributed by atoms with Crippen LogP contribution in [0, 0.1) is 5.82 Å². The summed E-state index contributed by atoms with van der Waals surface area (Å²) in [4.78, 5) is 18.6. The molecule has 1 aliphatic heterocycles. The molecule has 2 rings (SSSR count). The minimum Gasteiger partial charge on any atom is -0.494 e. The van der Waals surface area contributed by atoms with Crippen molar-refractivity contribution in [3.05, 3.63) is 54.9 Å². The Morgan fingerprint density at radius 2 is 1.81 bits per heavy atom. The average molecular weight is 361 g/mol. The number of rotatable bonds is 9. The van der Waals surface area contributed by atoms with Crippen LogP contribution in [-0.4, -0.2) is 73.5 Å². The molecule has 1 saturated heterocycles. The van der Waals surface area contributed by atoms with Gasteiger partial charge in [0.2, 0.25) is 5.91 Å². The Morgan fingerprint density at radius 3 is 2.35 bits per heavy atom. The van der Waals surface area contributed by atoms with Gasteiger partial charge >= 0.3 is 0 Å². The zero-order chi connectivity index (χ0) is 18.9. The minimum absolute atomic E-state index is 0.0930. The highest BCUT2D eigenvalue weighted by atomic mass is 19.1. The van der Waals surface area contributed by atoms with Gasteiger partial charge in [0.05, 0.1) is 13.7 Å². The Hall–Kier alpha value is -2.18. The molecule has 5 nitrogen and oxygen atoms in total. The first-order valence-corrected chi connectivity index (χ1v) is 8.84. The SMILES string of the molecule is C=CCN(CC=C)C(=O)CN1CCN(Cc2ccc(OC)c(F)c2)CC1. The normalized spacial score (nSPS) is 15.5. The van der Waals surface area contributed by atoms with Crippen LogP contribution < -0.4 is 4.74 Å². The molecule has 0 N–H and O–H groups in total. The molecule has 0 atom stereocenters. The van der Waals surface area contributed by atoms with E-state index in [1.807, 2.05) is 6.07 Å². The summed E-state index contributed by atoms with van der Waals surface area (Å²) < 4.78 is 18.8. The van der Waals surface area contributed by atoms with Crippen LogP contribution in [0.25, 0.3) is 0 Å². The van der Waals surface area contributed by atoms with Gasteiger partial charge in [0.1, 0.15) is 0 Å². The van der Waals surface area contributed by atoms with E-state index in [-0.39, 0.29) is 17.5 Å². The molecular weight excluding hydrogens is 333 g/mol. The fraction of sp³-hybridized carbons (Fsp3) is 0.450. The van der Waals surface area contributed by atoms with Crippen molar-refractivity contribution < 1.29 is 13.9 Å². The van der Waals surface area contributed by atoms with Gasteiger partial charge in [-0.3, -0.25) is 14.6 Å². The number of benzene rings is 1. The third-order valence-electron chi connectivity index (χ3n) is 4.50. The van der Waals surface area contributed by atoms with Crippen LogP contribution in [0.3, 0.4) is 0 Å². The third kappa shape index (κ3) is 5.68. The standard InChI is InChI=1S/C20H28FN3O2/c1-4-8-24(9-5-2)20(25)16-23-12-10-22(11-13-23)15-17-6-7-19(26-3)18(21)14-17/h4-7,14H,1-2,8-13,15-16H2,3H3. The molecule has 0 spiro atoms. The summed E-state index contributed by atoms with van der Waals surface area (Å²) in [7, 11) is 1.46. The molecule has 1 fully saturated rings.